The molecule has 0 radical (unpaired) electrons. The first-order valence-corrected chi connectivity index (χ1v) is 25.3. The third-order valence-electron chi connectivity index (χ3n) is 17.2. The average molecular weight is 818 g/mol. The van der Waals surface area contributed by atoms with Gasteiger partial charge in [0, 0.05) is 29.5 Å². The molecule has 0 N–H and O–H groups in total. The lowest BCUT2D eigenvalue weighted by Gasteiger charge is -2.45. The van der Waals surface area contributed by atoms with Crippen molar-refractivity contribution in [2.45, 2.75) is 147 Å². The first-order valence-electron chi connectivity index (χ1n) is 25.3. The van der Waals surface area contributed by atoms with Crippen molar-refractivity contribution < 1.29 is 4.74 Å². The van der Waals surface area contributed by atoms with E-state index in [9.17, 15) is 0 Å². The summed E-state index contributed by atoms with van der Waals surface area (Å²) in [6, 6.07) is 0.924. The van der Waals surface area contributed by atoms with Crippen molar-refractivity contribution in [2.24, 2.45) is 29.6 Å². The monoisotopic (exact) mass is 818 g/mol. The first-order chi connectivity index (χ1) is 30.7. The molecule has 2 nitrogen and oxygen atoms in total. The minimum absolute atomic E-state index is 0.161. The van der Waals surface area contributed by atoms with E-state index in [1.54, 1.807) is 50.2 Å². The maximum atomic E-state index is 6.81. The second-order valence-electron chi connectivity index (χ2n) is 20.6. The molecule has 11 aliphatic carbocycles. The number of fused-ring (bicyclic) bond motifs is 3. The molecule has 6 unspecified atom stereocenters. The summed E-state index contributed by atoms with van der Waals surface area (Å²) in [7, 11) is 0. The zero-order valence-electron chi connectivity index (χ0n) is 37.1. The van der Waals surface area contributed by atoms with Crippen molar-refractivity contribution in [1.82, 2.24) is 4.90 Å². The van der Waals surface area contributed by atoms with Crippen LogP contribution in [-0.2, 0) is 4.74 Å². The van der Waals surface area contributed by atoms with Crippen molar-refractivity contribution in [3.63, 3.8) is 0 Å². The van der Waals surface area contributed by atoms with E-state index in [-0.39, 0.29) is 6.10 Å². The fraction of sp³-hybridized carbons (Fsp3) is 0.467. The molecule has 0 spiro atoms. The molecule has 0 fully saturated rings. The predicted molar refractivity (Wildman–Crippen MR) is 257 cm³/mol. The molecule has 62 heavy (non-hydrogen) atoms. The third kappa shape index (κ3) is 7.26. The Labute approximate surface area is 372 Å². The van der Waals surface area contributed by atoms with Gasteiger partial charge < -0.3 is 9.64 Å². The Morgan fingerprint density at radius 3 is 2.29 bits per heavy atom. The highest BCUT2D eigenvalue weighted by Gasteiger charge is 2.41. The van der Waals surface area contributed by atoms with E-state index in [1.807, 2.05) is 0 Å². The van der Waals surface area contributed by atoms with Gasteiger partial charge in [0.25, 0.3) is 0 Å². The summed E-state index contributed by atoms with van der Waals surface area (Å²) in [5, 5.41) is 0. The van der Waals surface area contributed by atoms with Gasteiger partial charge in [0.15, 0.2) is 0 Å². The van der Waals surface area contributed by atoms with Gasteiger partial charge >= 0.3 is 0 Å². The van der Waals surface area contributed by atoms with E-state index in [1.165, 1.54) is 112 Å². The molecule has 12 rings (SSSR count). The van der Waals surface area contributed by atoms with E-state index in [2.05, 4.69) is 120 Å². The molecule has 1 aliphatic heterocycles. The molecule has 0 aromatic heterocycles. The van der Waals surface area contributed by atoms with E-state index in [0.29, 0.717) is 35.8 Å². The van der Waals surface area contributed by atoms with Gasteiger partial charge in [-0.1, -0.05) is 114 Å². The fourth-order valence-electron chi connectivity index (χ4n) is 13.9. The zero-order valence-corrected chi connectivity index (χ0v) is 37.1. The Morgan fingerprint density at radius 2 is 1.45 bits per heavy atom. The standard InChI is InChI=1S/C60H67NO/c1-3-11-40(12-4-1)46-23-21-44-16-9-18-53(57(44)38-46)45-27-32-50(33-28-45)61(51-34-35-54-48(37-51)24-22-43-15-7-8-17-52(43)54)49-30-25-41(26-31-49)47-29-36-59-58(39-47)56-20-10-19-55(60(56)62-59)42-13-5-2-6-14-42/h1-3,5,7,9,15-16,19,25,27-32,36,38-42,50-51,53,58-59H,4,6,8,10-14,17-18,20-24,26,33-35,37H2/t40?,41-,42?,50?,51+,53?,58?,59?/m0/s1. The molecular weight excluding hydrogens is 751 g/mol. The largest absolute Gasteiger partial charge is 0.485 e. The Balaban J connectivity index is 0.797. The van der Waals surface area contributed by atoms with Crippen LogP contribution in [0.4, 0.5) is 0 Å². The van der Waals surface area contributed by atoms with Gasteiger partial charge in [-0.15, -0.1) is 0 Å². The van der Waals surface area contributed by atoms with Gasteiger partial charge in [-0.3, -0.25) is 0 Å². The van der Waals surface area contributed by atoms with E-state index >= 15 is 0 Å². The van der Waals surface area contributed by atoms with Crippen molar-refractivity contribution >= 4 is 0 Å². The SMILES string of the molecule is C1=CC2=C(CC1)C1=C(CC2)C[C@H](N(C2=CC[C@@H](C3=CC4C5=C(OC4C=C3)C(C3CC=CCC3)=CCC5)C=C2)C2C=CC(C3CC=CC4=C3C=C(C3CC=CCC3)CC4)=CC2)CC1. The van der Waals surface area contributed by atoms with Crippen LogP contribution in [0.2, 0.25) is 0 Å². The van der Waals surface area contributed by atoms with Crippen LogP contribution < -0.4 is 0 Å². The average Bonchev–Trinajstić information content (AvgIpc) is 3.73. The summed E-state index contributed by atoms with van der Waals surface area (Å²) < 4.78 is 6.81. The highest BCUT2D eigenvalue weighted by molar-refractivity contribution is 5.52. The molecule has 0 aromatic rings. The number of hydrogen-bond acceptors (Lipinski definition) is 2. The molecule has 0 amide bonds. The molecule has 1 heterocycles. The molecule has 0 bridgehead atoms. The number of ether oxygens (including phenoxy) is 1. The molecule has 318 valence electrons. The van der Waals surface area contributed by atoms with Crippen LogP contribution >= 0.6 is 0 Å². The topological polar surface area (TPSA) is 12.5 Å². The molecule has 12 aliphatic rings. The number of rotatable bonds is 7. The summed E-state index contributed by atoms with van der Waals surface area (Å²) in [5.41, 5.74) is 19.4. The highest BCUT2D eigenvalue weighted by atomic mass is 16.5. The zero-order chi connectivity index (χ0) is 41.0. The van der Waals surface area contributed by atoms with Gasteiger partial charge in [0.05, 0.1) is 6.04 Å². The molecule has 0 saturated carbocycles. The minimum Gasteiger partial charge on any atom is -0.485 e. The maximum absolute atomic E-state index is 6.81. The van der Waals surface area contributed by atoms with E-state index < -0.39 is 0 Å². The van der Waals surface area contributed by atoms with E-state index in [0.717, 1.165) is 44.4 Å². The quantitative estimate of drug-likeness (QED) is 0.237. The van der Waals surface area contributed by atoms with Crippen LogP contribution in [0.1, 0.15) is 128 Å². The summed E-state index contributed by atoms with van der Waals surface area (Å²) in [6.45, 7) is 0. The number of nitrogens with zero attached hydrogens (tertiary/aromatic N) is 1. The Morgan fingerprint density at radius 1 is 0.581 bits per heavy atom. The smallest absolute Gasteiger partial charge is 0.127 e. The summed E-state index contributed by atoms with van der Waals surface area (Å²) in [6.07, 6.45) is 71.9. The van der Waals surface area contributed by atoms with Crippen LogP contribution in [0.3, 0.4) is 0 Å². The van der Waals surface area contributed by atoms with Crippen molar-refractivity contribution in [3.05, 3.63) is 188 Å². The maximum Gasteiger partial charge on any atom is 0.127 e. The number of hydrogen-bond donors (Lipinski definition) is 0. The lowest BCUT2D eigenvalue weighted by molar-refractivity contribution is 0.165. The second kappa shape index (κ2) is 16.9. The first kappa shape index (κ1) is 39.1. The molecule has 0 saturated heterocycles. The van der Waals surface area contributed by atoms with Crippen LogP contribution in [-0.4, -0.2) is 23.1 Å². The van der Waals surface area contributed by atoms with E-state index in [4.69, 9.17) is 4.74 Å². The molecule has 0 aromatic carbocycles. The Hall–Kier alpha value is -4.56. The lowest BCUT2D eigenvalue weighted by Crippen LogP contribution is -2.44. The van der Waals surface area contributed by atoms with Crippen molar-refractivity contribution in [1.29, 1.82) is 0 Å². The van der Waals surface area contributed by atoms with Crippen LogP contribution in [0.15, 0.2) is 188 Å². The van der Waals surface area contributed by atoms with Gasteiger partial charge in [-0.25, -0.2) is 0 Å². The summed E-state index contributed by atoms with van der Waals surface area (Å²) >= 11 is 0. The van der Waals surface area contributed by atoms with Gasteiger partial charge in [0.1, 0.15) is 11.9 Å². The third-order valence-corrected chi connectivity index (χ3v) is 17.2. The van der Waals surface area contributed by atoms with Crippen molar-refractivity contribution in [2.75, 3.05) is 0 Å². The molecule has 8 atom stereocenters. The molecular formula is C60H67NO. The normalized spacial score (nSPS) is 34.7. The van der Waals surface area contributed by atoms with Gasteiger partial charge in [0.2, 0.25) is 0 Å². The Bertz CT molecular complexity index is 2390. The fourth-order valence-corrected chi connectivity index (χ4v) is 13.9. The van der Waals surface area contributed by atoms with Crippen LogP contribution in [0.25, 0.3) is 0 Å². The predicted octanol–water partition coefficient (Wildman–Crippen LogP) is 15.1. The van der Waals surface area contributed by atoms with Crippen LogP contribution in [0, 0.1) is 29.6 Å². The van der Waals surface area contributed by atoms with Gasteiger partial charge in [-0.2, -0.15) is 0 Å². The number of allylic oxidation sites excluding steroid dienone is 24. The summed E-state index contributed by atoms with van der Waals surface area (Å²) in [5.74, 6) is 3.93. The van der Waals surface area contributed by atoms with Gasteiger partial charge in [-0.05, 0) is 203 Å². The van der Waals surface area contributed by atoms with Crippen LogP contribution in [0.5, 0.6) is 0 Å². The highest BCUT2D eigenvalue weighted by Crippen LogP contribution is 2.50. The minimum atomic E-state index is 0.161. The second-order valence-corrected chi connectivity index (χ2v) is 20.6. The lowest BCUT2D eigenvalue weighted by atomic mass is 9.72. The molecule has 2 heteroatoms. The van der Waals surface area contributed by atoms with Crippen molar-refractivity contribution in [3.8, 4) is 0 Å². The summed E-state index contributed by atoms with van der Waals surface area (Å²) in [4.78, 5) is 2.91. The Kier molecular flexibility index (Phi) is 10.6.